The third-order valence-corrected chi connectivity index (χ3v) is 5.45. The SMILES string of the molecule is Cc1cc(NC(=O)CN2CCN(C(=O)[C@H](C)Sc3ccccc3)CC2)no1. The van der Waals surface area contributed by atoms with Gasteiger partial charge in [0, 0.05) is 37.1 Å². The second-order valence-corrected chi connectivity index (χ2v) is 7.96. The Morgan fingerprint density at radius 2 is 1.93 bits per heavy atom. The second kappa shape index (κ2) is 9.05. The molecule has 1 saturated heterocycles. The molecular formula is C19H24N4O3S. The highest BCUT2D eigenvalue weighted by Gasteiger charge is 2.26. The molecule has 7 nitrogen and oxygen atoms in total. The number of carbonyl (C=O) groups excluding carboxylic acids is 2. The number of nitrogens with one attached hydrogen (secondary N) is 1. The van der Waals surface area contributed by atoms with Crippen LogP contribution in [0.5, 0.6) is 0 Å². The summed E-state index contributed by atoms with van der Waals surface area (Å²) in [6.07, 6.45) is 0. The van der Waals surface area contributed by atoms with Gasteiger partial charge < -0.3 is 14.7 Å². The molecule has 27 heavy (non-hydrogen) atoms. The summed E-state index contributed by atoms with van der Waals surface area (Å²) >= 11 is 1.58. The van der Waals surface area contributed by atoms with Gasteiger partial charge in [-0.3, -0.25) is 14.5 Å². The number of hydrogen-bond donors (Lipinski definition) is 1. The number of benzene rings is 1. The maximum Gasteiger partial charge on any atom is 0.239 e. The van der Waals surface area contributed by atoms with Crippen LogP contribution in [0, 0.1) is 6.92 Å². The minimum Gasteiger partial charge on any atom is -0.360 e. The molecule has 0 unspecified atom stereocenters. The number of hydrogen-bond acceptors (Lipinski definition) is 6. The standard InChI is InChI=1S/C19H24N4O3S/c1-14-12-17(21-26-14)20-18(24)13-22-8-10-23(11-9-22)19(25)15(2)27-16-6-4-3-5-7-16/h3-7,12,15H,8-11,13H2,1-2H3,(H,20,21,24)/t15-/m0/s1. The molecule has 0 bridgehead atoms. The third kappa shape index (κ3) is 5.58. The molecule has 2 amide bonds. The van der Waals surface area contributed by atoms with E-state index in [1.54, 1.807) is 24.8 Å². The molecule has 0 aliphatic carbocycles. The van der Waals surface area contributed by atoms with Crippen molar-refractivity contribution < 1.29 is 14.1 Å². The van der Waals surface area contributed by atoms with Gasteiger partial charge in [-0.15, -0.1) is 11.8 Å². The van der Waals surface area contributed by atoms with Crippen LogP contribution >= 0.6 is 11.8 Å². The molecule has 1 N–H and O–H groups in total. The number of rotatable bonds is 6. The summed E-state index contributed by atoms with van der Waals surface area (Å²) in [4.78, 5) is 29.8. The molecule has 3 rings (SSSR count). The molecule has 0 radical (unpaired) electrons. The van der Waals surface area contributed by atoms with E-state index in [0.29, 0.717) is 37.8 Å². The molecule has 144 valence electrons. The topological polar surface area (TPSA) is 78.7 Å². The van der Waals surface area contributed by atoms with Gasteiger partial charge >= 0.3 is 0 Å². The van der Waals surface area contributed by atoms with Gasteiger partial charge in [-0.1, -0.05) is 23.4 Å². The largest absolute Gasteiger partial charge is 0.360 e. The van der Waals surface area contributed by atoms with Crippen molar-refractivity contribution >= 4 is 29.4 Å². The van der Waals surface area contributed by atoms with Crippen molar-refractivity contribution in [2.24, 2.45) is 0 Å². The second-order valence-electron chi connectivity index (χ2n) is 6.55. The predicted octanol–water partition coefficient (Wildman–Crippen LogP) is 2.25. The van der Waals surface area contributed by atoms with E-state index in [4.69, 9.17) is 4.52 Å². The van der Waals surface area contributed by atoms with E-state index in [2.05, 4.69) is 10.5 Å². The van der Waals surface area contributed by atoms with Crippen molar-refractivity contribution in [2.75, 3.05) is 38.0 Å². The van der Waals surface area contributed by atoms with Gasteiger partial charge in [-0.05, 0) is 26.0 Å². The molecule has 8 heteroatoms. The van der Waals surface area contributed by atoms with Crippen LogP contribution < -0.4 is 5.32 Å². The van der Waals surface area contributed by atoms with Crippen LogP contribution in [0.15, 0.2) is 45.8 Å². The number of aryl methyl sites for hydroxylation is 1. The third-order valence-electron chi connectivity index (χ3n) is 4.35. The lowest BCUT2D eigenvalue weighted by Gasteiger charge is -2.35. The average molecular weight is 388 g/mol. The zero-order valence-corrected chi connectivity index (χ0v) is 16.4. The Labute approximate surface area is 163 Å². The molecule has 1 aliphatic rings. The first-order valence-electron chi connectivity index (χ1n) is 8.97. The van der Waals surface area contributed by atoms with Gasteiger partial charge in [0.25, 0.3) is 0 Å². The molecule has 0 spiro atoms. The first kappa shape index (κ1) is 19.4. The summed E-state index contributed by atoms with van der Waals surface area (Å²) in [5.74, 6) is 1.10. The molecular weight excluding hydrogens is 364 g/mol. The van der Waals surface area contributed by atoms with Gasteiger partial charge in [0.1, 0.15) is 5.76 Å². The van der Waals surface area contributed by atoms with Crippen LogP contribution in [0.4, 0.5) is 5.82 Å². The molecule has 0 saturated carbocycles. The molecule has 1 fully saturated rings. The zero-order chi connectivity index (χ0) is 19.2. The zero-order valence-electron chi connectivity index (χ0n) is 15.6. The lowest BCUT2D eigenvalue weighted by molar-refractivity contribution is -0.132. The highest BCUT2D eigenvalue weighted by molar-refractivity contribution is 8.00. The average Bonchev–Trinajstić information content (AvgIpc) is 3.07. The monoisotopic (exact) mass is 388 g/mol. The van der Waals surface area contributed by atoms with Crippen molar-refractivity contribution in [1.82, 2.24) is 15.0 Å². The number of piperazine rings is 1. The molecule has 2 aromatic rings. The number of carbonyl (C=O) groups is 2. The van der Waals surface area contributed by atoms with Gasteiger partial charge in [-0.2, -0.15) is 0 Å². The molecule has 1 aromatic carbocycles. The summed E-state index contributed by atoms with van der Waals surface area (Å²) in [5.41, 5.74) is 0. The number of amides is 2. The van der Waals surface area contributed by atoms with E-state index in [1.807, 2.05) is 47.1 Å². The van der Waals surface area contributed by atoms with Crippen LogP contribution in [-0.2, 0) is 9.59 Å². The number of thioether (sulfide) groups is 1. The Hall–Kier alpha value is -2.32. The summed E-state index contributed by atoms with van der Waals surface area (Å²) in [6.45, 7) is 6.63. The Balaban J connectivity index is 1.42. The van der Waals surface area contributed by atoms with Crippen molar-refractivity contribution in [3.05, 3.63) is 42.2 Å². The fourth-order valence-corrected chi connectivity index (χ4v) is 3.92. The molecule has 2 heterocycles. The van der Waals surface area contributed by atoms with Crippen LogP contribution in [0.1, 0.15) is 12.7 Å². The van der Waals surface area contributed by atoms with Gasteiger partial charge in [0.15, 0.2) is 5.82 Å². The van der Waals surface area contributed by atoms with Crippen molar-refractivity contribution in [3.8, 4) is 0 Å². The highest BCUT2D eigenvalue weighted by atomic mass is 32.2. The first-order chi connectivity index (χ1) is 13.0. The molecule has 1 aromatic heterocycles. The summed E-state index contributed by atoms with van der Waals surface area (Å²) in [5, 5.41) is 6.35. The maximum absolute atomic E-state index is 12.7. The fourth-order valence-electron chi connectivity index (χ4n) is 2.95. The lowest BCUT2D eigenvalue weighted by Crippen LogP contribution is -2.52. The highest BCUT2D eigenvalue weighted by Crippen LogP contribution is 2.24. The van der Waals surface area contributed by atoms with Crippen molar-refractivity contribution in [2.45, 2.75) is 24.0 Å². The van der Waals surface area contributed by atoms with Crippen LogP contribution in [0.3, 0.4) is 0 Å². The molecule has 1 atom stereocenters. The summed E-state index contributed by atoms with van der Waals surface area (Å²) in [6, 6.07) is 11.6. The van der Waals surface area contributed by atoms with E-state index < -0.39 is 0 Å². The number of anilines is 1. The predicted molar refractivity (Wildman–Crippen MR) is 105 cm³/mol. The summed E-state index contributed by atoms with van der Waals surface area (Å²) in [7, 11) is 0. The smallest absolute Gasteiger partial charge is 0.239 e. The number of aromatic nitrogens is 1. The quantitative estimate of drug-likeness (QED) is 0.765. The Kier molecular flexibility index (Phi) is 6.52. The van der Waals surface area contributed by atoms with Crippen molar-refractivity contribution in [3.63, 3.8) is 0 Å². The van der Waals surface area contributed by atoms with Crippen LogP contribution in [-0.4, -0.2) is 64.7 Å². The van der Waals surface area contributed by atoms with Gasteiger partial charge in [-0.25, -0.2) is 0 Å². The van der Waals surface area contributed by atoms with Crippen molar-refractivity contribution in [1.29, 1.82) is 0 Å². The van der Waals surface area contributed by atoms with E-state index in [1.165, 1.54) is 0 Å². The lowest BCUT2D eigenvalue weighted by atomic mass is 10.3. The number of nitrogens with zero attached hydrogens (tertiary/aromatic N) is 3. The Morgan fingerprint density at radius 3 is 2.56 bits per heavy atom. The van der Waals surface area contributed by atoms with Gasteiger partial charge in [0.2, 0.25) is 11.8 Å². The maximum atomic E-state index is 12.7. The minimum atomic E-state index is -0.129. The van der Waals surface area contributed by atoms with E-state index >= 15 is 0 Å². The molecule has 1 aliphatic heterocycles. The first-order valence-corrected chi connectivity index (χ1v) is 9.85. The van der Waals surface area contributed by atoms with E-state index in [9.17, 15) is 9.59 Å². The Bertz CT molecular complexity index is 772. The van der Waals surface area contributed by atoms with E-state index in [-0.39, 0.29) is 23.6 Å². The minimum absolute atomic E-state index is 0.127. The summed E-state index contributed by atoms with van der Waals surface area (Å²) < 4.78 is 4.94. The fraction of sp³-hybridized carbons (Fsp3) is 0.421. The van der Waals surface area contributed by atoms with E-state index in [0.717, 1.165) is 4.90 Å². The van der Waals surface area contributed by atoms with Crippen LogP contribution in [0.25, 0.3) is 0 Å². The Morgan fingerprint density at radius 1 is 1.22 bits per heavy atom. The normalized spacial score (nSPS) is 16.1. The van der Waals surface area contributed by atoms with Gasteiger partial charge in [0.05, 0.1) is 11.8 Å². The van der Waals surface area contributed by atoms with Crippen LogP contribution in [0.2, 0.25) is 0 Å².